The first-order valence-corrected chi connectivity index (χ1v) is 12.0. The van der Waals surface area contributed by atoms with Crippen LogP contribution in [0.4, 0.5) is 5.69 Å². The normalized spacial score (nSPS) is 18.6. The third-order valence-electron chi connectivity index (χ3n) is 5.63. The van der Waals surface area contributed by atoms with Gasteiger partial charge in [0.25, 0.3) is 10.0 Å². The lowest BCUT2D eigenvalue weighted by atomic mass is 9.92. The number of ether oxygens (including phenoxy) is 2. The number of methoxy groups -OCH3 is 2. The van der Waals surface area contributed by atoms with Crippen molar-refractivity contribution in [2.24, 2.45) is 0 Å². The fourth-order valence-corrected chi connectivity index (χ4v) is 5.23. The Balaban J connectivity index is 1.93. The van der Waals surface area contributed by atoms with Crippen LogP contribution in [0.2, 0.25) is 0 Å². The number of amides is 1. The third kappa shape index (κ3) is 5.34. The van der Waals surface area contributed by atoms with E-state index < -0.39 is 28.6 Å². The van der Waals surface area contributed by atoms with Crippen molar-refractivity contribution < 1.29 is 27.8 Å². The number of hydrogen-bond donors (Lipinski definition) is 2. The molecule has 1 aliphatic carbocycles. The number of rotatable bonds is 8. The first-order chi connectivity index (χ1) is 15.3. The van der Waals surface area contributed by atoms with E-state index in [-0.39, 0.29) is 16.7 Å². The Morgan fingerprint density at radius 1 is 1.06 bits per heavy atom. The highest BCUT2D eigenvalue weighted by molar-refractivity contribution is 7.92. The molecule has 1 aliphatic rings. The van der Waals surface area contributed by atoms with Gasteiger partial charge in [-0.3, -0.25) is 9.10 Å². The average molecular weight is 463 g/mol. The Labute approximate surface area is 189 Å². The summed E-state index contributed by atoms with van der Waals surface area (Å²) >= 11 is 0. The first-order valence-electron chi connectivity index (χ1n) is 10.5. The summed E-state index contributed by atoms with van der Waals surface area (Å²) in [6.45, 7) is 1.48. The molecule has 8 nitrogen and oxygen atoms in total. The zero-order valence-corrected chi connectivity index (χ0v) is 19.4. The topological polar surface area (TPSA) is 105 Å². The van der Waals surface area contributed by atoms with Crippen molar-refractivity contribution >= 4 is 21.6 Å². The lowest BCUT2D eigenvalue weighted by molar-refractivity contribution is -0.121. The van der Waals surface area contributed by atoms with Crippen molar-refractivity contribution in [1.29, 1.82) is 0 Å². The van der Waals surface area contributed by atoms with Gasteiger partial charge in [-0.1, -0.05) is 30.5 Å². The van der Waals surface area contributed by atoms with E-state index >= 15 is 0 Å². The van der Waals surface area contributed by atoms with Crippen molar-refractivity contribution in [3.05, 3.63) is 48.0 Å². The fourth-order valence-electron chi connectivity index (χ4n) is 3.79. The molecule has 0 saturated heterocycles. The highest BCUT2D eigenvalue weighted by Gasteiger charge is 2.30. The highest BCUT2D eigenvalue weighted by Crippen LogP contribution is 2.32. The number of hydrogen-bond acceptors (Lipinski definition) is 6. The molecule has 0 aliphatic heterocycles. The van der Waals surface area contributed by atoms with Gasteiger partial charge < -0.3 is 19.9 Å². The minimum atomic E-state index is -4.10. The number of sulfonamides is 1. The van der Waals surface area contributed by atoms with Crippen LogP contribution in [0.25, 0.3) is 0 Å². The van der Waals surface area contributed by atoms with Crippen molar-refractivity contribution in [2.75, 3.05) is 25.1 Å². The second-order valence-electron chi connectivity index (χ2n) is 7.89. The van der Waals surface area contributed by atoms with E-state index in [0.717, 1.165) is 22.7 Å². The molecule has 1 saturated carbocycles. The molecule has 32 heavy (non-hydrogen) atoms. The summed E-state index contributed by atoms with van der Waals surface area (Å²) in [5, 5.41) is 13.0. The van der Waals surface area contributed by atoms with Gasteiger partial charge in [-0.15, -0.1) is 0 Å². The van der Waals surface area contributed by atoms with Gasteiger partial charge in [0.15, 0.2) is 11.5 Å². The van der Waals surface area contributed by atoms with Gasteiger partial charge in [-0.25, -0.2) is 8.42 Å². The SMILES string of the molecule is COc1ccc(S(=O)(=O)N(CC(=O)NC2CCCC[C@H]2O)c2ccc(C)cc2)cc1OC. The van der Waals surface area contributed by atoms with Crippen molar-refractivity contribution in [2.45, 2.75) is 49.6 Å². The number of nitrogens with zero attached hydrogens (tertiary/aromatic N) is 1. The maximum absolute atomic E-state index is 13.6. The van der Waals surface area contributed by atoms with E-state index in [9.17, 15) is 18.3 Å². The minimum Gasteiger partial charge on any atom is -0.493 e. The molecule has 0 radical (unpaired) electrons. The molecule has 3 rings (SSSR count). The first kappa shape index (κ1) is 23.9. The number of aliphatic hydroxyl groups excluding tert-OH is 1. The maximum Gasteiger partial charge on any atom is 0.264 e. The van der Waals surface area contributed by atoms with Crippen molar-refractivity contribution in [3.63, 3.8) is 0 Å². The number of benzene rings is 2. The van der Waals surface area contributed by atoms with Crippen LogP contribution in [0.5, 0.6) is 11.5 Å². The van der Waals surface area contributed by atoms with Gasteiger partial charge in [0.05, 0.1) is 36.9 Å². The monoisotopic (exact) mass is 462 g/mol. The Hall–Kier alpha value is -2.78. The maximum atomic E-state index is 13.6. The zero-order valence-electron chi connectivity index (χ0n) is 18.6. The summed E-state index contributed by atoms with van der Waals surface area (Å²) < 4.78 is 38.7. The van der Waals surface area contributed by atoms with Crippen LogP contribution in [0.1, 0.15) is 31.2 Å². The smallest absolute Gasteiger partial charge is 0.264 e. The van der Waals surface area contributed by atoms with Gasteiger partial charge in [-0.2, -0.15) is 0 Å². The van der Waals surface area contributed by atoms with E-state index in [4.69, 9.17) is 9.47 Å². The predicted octanol–water partition coefficient (Wildman–Crippen LogP) is 2.63. The number of carbonyl (C=O) groups is 1. The van der Waals surface area contributed by atoms with E-state index in [2.05, 4.69) is 5.32 Å². The van der Waals surface area contributed by atoms with E-state index in [1.807, 2.05) is 6.92 Å². The number of anilines is 1. The van der Waals surface area contributed by atoms with Gasteiger partial charge in [-0.05, 0) is 44.0 Å². The lowest BCUT2D eigenvalue weighted by Gasteiger charge is -2.30. The van der Waals surface area contributed by atoms with Crippen molar-refractivity contribution in [1.82, 2.24) is 5.32 Å². The van der Waals surface area contributed by atoms with Crippen LogP contribution in [-0.4, -0.2) is 52.3 Å². The molecule has 0 bridgehead atoms. The largest absolute Gasteiger partial charge is 0.493 e. The summed E-state index contributed by atoms with van der Waals surface area (Å²) in [6.07, 6.45) is 2.49. The van der Waals surface area contributed by atoms with Crippen LogP contribution >= 0.6 is 0 Å². The quantitative estimate of drug-likeness (QED) is 0.625. The fraction of sp³-hybridized carbons (Fsp3) is 0.435. The zero-order chi connectivity index (χ0) is 23.3. The molecule has 2 atom stereocenters. The number of nitrogens with one attached hydrogen (secondary N) is 1. The van der Waals surface area contributed by atoms with E-state index in [1.54, 1.807) is 24.3 Å². The molecule has 1 fully saturated rings. The Kier molecular flexibility index (Phi) is 7.63. The molecule has 0 spiro atoms. The number of aryl methyl sites for hydroxylation is 1. The van der Waals surface area contributed by atoms with E-state index in [1.165, 1.54) is 32.4 Å². The van der Waals surface area contributed by atoms with Crippen LogP contribution in [-0.2, 0) is 14.8 Å². The number of aliphatic hydroxyl groups is 1. The molecule has 1 unspecified atom stereocenters. The number of carbonyl (C=O) groups excluding carboxylic acids is 1. The van der Waals surface area contributed by atoms with Crippen molar-refractivity contribution in [3.8, 4) is 11.5 Å². The van der Waals surface area contributed by atoms with Gasteiger partial charge >= 0.3 is 0 Å². The van der Waals surface area contributed by atoms with Gasteiger partial charge in [0.1, 0.15) is 6.54 Å². The van der Waals surface area contributed by atoms with Crippen LogP contribution in [0, 0.1) is 6.92 Å². The summed E-state index contributed by atoms with van der Waals surface area (Å²) in [7, 11) is -1.21. The Bertz CT molecular complexity index is 1040. The second-order valence-corrected chi connectivity index (χ2v) is 9.75. The van der Waals surface area contributed by atoms with E-state index in [0.29, 0.717) is 24.3 Å². The summed E-state index contributed by atoms with van der Waals surface area (Å²) in [4.78, 5) is 12.8. The molecule has 2 N–H and O–H groups in total. The third-order valence-corrected chi connectivity index (χ3v) is 7.40. The summed E-state index contributed by atoms with van der Waals surface area (Å²) in [6, 6.07) is 10.8. The van der Waals surface area contributed by atoms with Gasteiger partial charge in [0.2, 0.25) is 5.91 Å². The van der Waals surface area contributed by atoms with Crippen LogP contribution in [0.15, 0.2) is 47.4 Å². The van der Waals surface area contributed by atoms with Crippen LogP contribution < -0.4 is 19.1 Å². The molecular weight excluding hydrogens is 432 g/mol. The lowest BCUT2D eigenvalue weighted by Crippen LogP contribution is -2.49. The molecule has 174 valence electrons. The molecule has 1 amide bonds. The summed E-state index contributed by atoms with van der Waals surface area (Å²) in [5.74, 6) is 0.199. The standard InChI is InChI=1S/C23H30N2O6S/c1-16-8-10-17(11-9-16)25(15-23(27)24-19-6-4-5-7-20(19)26)32(28,29)18-12-13-21(30-2)22(14-18)31-3/h8-14,19-20,26H,4-7,15H2,1-3H3,(H,24,27)/t19?,20-/m1/s1. The molecule has 2 aromatic rings. The minimum absolute atomic E-state index is 0.0266. The Morgan fingerprint density at radius 3 is 2.34 bits per heavy atom. The van der Waals surface area contributed by atoms with Gasteiger partial charge in [0, 0.05) is 6.07 Å². The molecule has 0 aromatic heterocycles. The van der Waals surface area contributed by atoms with Crippen LogP contribution in [0.3, 0.4) is 0 Å². The highest BCUT2D eigenvalue weighted by atomic mass is 32.2. The Morgan fingerprint density at radius 2 is 1.72 bits per heavy atom. The second kappa shape index (κ2) is 10.2. The molecule has 0 heterocycles. The molecule has 2 aromatic carbocycles. The molecular formula is C23H30N2O6S. The summed E-state index contributed by atoms with van der Waals surface area (Å²) in [5.41, 5.74) is 1.33. The average Bonchev–Trinajstić information content (AvgIpc) is 2.79. The molecule has 9 heteroatoms. The predicted molar refractivity (Wildman–Crippen MR) is 122 cm³/mol.